The van der Waals surface area contributed by atoms with Crippen LogP contribution in [0, 0.1) is 11.3 Å². The number of hydrogen-bond acceptors (Lipinski definition) is 2. The van der Waals surface area contributed by atoms with Crippen molar-refractivity contribution in [3.63, 3.8) is 0 Å². The largest absolute Gasteiger partial charge is 0.325 e. The first-order valence-electron chi connectivity index (χ1n) is 4.39. The molecule has 1 aromatic heterocycles. The van der Waals surface area contributed by atoms with Gasteiger partial charge in [0.1, 0.15) is 18.0 Å². The number of aldehydes is 1. The lowest BCUT2D eigenvalue weighted by Crippen LogP contribution is -2.00. The molecule has 4 heteroatoms. The molecule has 0 radical (unpaired) electrons. The number of fused-ring (bicyclic) bond motifs is 1. The normalized spacial score (nSPS) is 10.1. The number of rotatable bonds is 2. The Labute approximate surface area is 91.5 Å². The third kappa shape index (κ3) is 1.60. The van der Waals surface area contributed by atoms with Crippen LogP contribution in [0.5, 0.6) is 0 Å². The topological polar surface area (TPSA) is 45.8 Å². The Morgan fingerprint density at radius 1 is 1.47 bits per heavy atom. The lowest BCUT2D eigenvalue weighted by molar-refractivity contribution is -0.108. The van der Waals surface area contributed by atoms with Crippen molar-refractivity contribution < 1.29 is 4.79 Å². The van der Waals surface area contributed by atoms with Gasteiger partial charge in [-0.2, -0.15) is 5.26 Å². The fraction of sp³-hybridized carbons (Fsp3) is 0.0909. The van der Waals surface area contributed by atoms with Gasteiger partial charge in [0.15, 0.2) is 0 Å². The first kappa shape index (κ1) is 9.75. The molecule has 0 saturated heterocycles. The van der Waals surface area contributed by atoms with E-state index in [1.807, 2.05) is 6.07 Å². The number of benzene rings is 1. The van der Waals surface area contributed by atoms with Crippen molar-refractivity contribution in [2.75, 3.05) is 0 Å². The van der Waals surface area contributed by atoms with E-state index in [9.17, 15) is 4.79 Å². The van der Waals surface area contributed by atoms with Crippen LogP contribution in [0.4, 0.5) is 0 Å². The Morgan fingerprint density at radius 2 is 2.27 bits per heavy atom. The van der Waals surface area contributed by atoms with Crippen molar-refractivity contribution in [3.05, 3.63) is 35.0 Å². The van der Waals surface area contributed by atoms with Gasteiger partial charge in [-0.1, -0.05) is 17.7 Å². The van der Waals surface area contributed by atoms with Crippen molar-refractivity contribution in [2.24, 2.45) is 0 Å². The third-order valence-electron chi connectivity index (χ3n) is 2.24. The van der Waals surface area contributed by atoms with Crippen molar-refractivity contribution in [1.29, 1.82) is 5.26 Å². The first-order valence-corrected chi connectivity index (χ1v) is 4.76. The molecule has 0 bridgehead atoms. The summed E-state index contributed by atoms with van der Waals surface area (Å²) in [4.78, 5) is 10.5. The van der Waals surface area contributed by atoms with Gasteiger partial charge >= 0.3 is 0 Å². The van der Waals surface area contributed by atoms with E-state index in [1.54, 1.807) is 22.8 Å². The molecular formula is C11H7ClN2O. The molecule has 0 unspecified atom stereocenters. The van der Waals surface area contributed by atoms with Crippen LogP contribution < -0.4 is 0 Å². The predicted octanol–water partition coefficient (Wildman–Crippen LogP) is 2.37. The highest BCUT2D eigenvalue weighted by Crippen LogP contribution is 2.22. The van der Waals surface area contributed by atoms with Crippen molar-refractivity contribution in [1.82, 2.24) is 4.57 Å². The number of hydrogen-bond donors (Lipinski definition) is 0. The summed E-state index contributed by atoms with van der Waals surface area (Å²) >= 11 is 5.86. The summed E-state index contributed by atoms with van der Waals surface area (Å²) in [5, 5.41) is 10.4. The zero-order valence-electron chi connectivity index (χ0n) is 7.77. The second kappa shape index (κ2) is 3.76. The molecule has 74 valence electrons. The predicted molar refractivity (Wildman–Crippen MR) is 57.7 cm³/mol. The first-order chi connectivity index (χ1) is 7.26. The number of carbonyl (C=O) groups excluding carboxylic acids is 1. The summed E-state index contributed by atoms with van der Waals surface area (Å²) in [6.45, 7) is 0.173. The molecule has 2 rings (SSSR count). The van der Waals surface area contributed by atoms with Crippen molar-refractivity contribution in [2.45, 2.75) is 6.54 Å². The van der Waals surface area contributed by atoms with Gasteiger partial charge in [0.05, 0.1) is 12.1 Å². The van der Waals surface area contributed by atoms with E-state index < -0.39 is 0 Å². The SMILES string of the molecule is N#Cc1cc2ccc(Cl)cc2n1CC=O. The summed E-state index contributed by atoms with van der Waals surface area (Å²) in [5.74, 6) is 0. The highest BCUT2D eigenvalue weighted by atomic mass is 35.5. The van der Waals surface area contributed by atoms with E-state index in [1.165, 1.54) is 0 Å². The number of nitrogens with zero attached hydrogens (tertiary/aromatic N) is 2. The maximum absolute atomic E-state index is 10.5. The molecule has 0 aliphatic carbocycles. The van der Waals surface area contributed by atoms with E-state index in [4.69, 9.17) is 16.9 Å². The van der Waals surface area contributed by atoms with Gasteiger partial charge in [-0.15, -0.1) is 0 Å². The van der Waals surface area contributed by atoms with Gasteiger partial charge < -0.3 is 9.36 Å². The lowest BCUT2D eigenvalue weighted by atomic mass is 10.2. The summed E-state index contributed by atoms with van der Waals surface area (Å²) in [6.07, 6.45) is 0.765. The molecule has 2 aromatic rings. The summed E-state index contributed by atoms with van der Waals surface area (Å²) in [7, 11) is 0. The number of nitriles is 1. The van der Waals surface area contributed by atoms with Crippen LogP contribution in [0.2, 0.25) is 5.02 Å². The molecule has 0 saturated carbocycles. The van der Waals surface area contributed by atoms with Gasteiger partial charge in [0, 0.05) is 10.4 Å². The number of halogens is 1. The molecule has 0 aliphatic heterocycles. The third-order valence-corrected chi connectivity index (χ3v) is 2.47. The Bertz CT molecular complexity index is 566. The van der Waals surface area contributed by atoms with E-state index >= 15 is 0 Å². The minimum Gasteiger partial charge on any atom is -0.325 e. The highest BCUT2D eigenvalue weighted by Gasteiger charge is 2.07. The van der Waals surface area contributed by atoms with Crippen molar-refractivity contribution >= 4 is 28.8 Å². The van der Waals surface area contributed by atoms with E-state index in [0.717, 1.165) is 17.2 Å². The molecule has 0 spiro atoms. The van der Waals surface area contributed by atoms with Gasteiger partial charge in [-0.25, -0.2) is 0 Å². The number of carbonyl (C=O) groups is 1. The van der Waals surface area contributed by atoms with E-state index in [-0.39, 0.29) is 6.54 Å². The van der Waals surface area contributed by atoms with Crippen LogP contribution in [0.3, 0.4) is 0 Å². The monoisotopic (exact) mass is 218 g/mol. The molecular weight excluding hydrogens is 212 g/mol. The fourth-order valence-electron chi connectivity index (χ4n) is 1.59. The standard InChI is InChI=1S/C11H7ClN2O/c12-9-2-1-8-5-10(7-13)14(3-4-15)11(8)6-9/h1-2,4-6H,3H2. The number of aromatic nitrogens is 1. The van der Waals surface area contributed by atoms with Gasteiger partial charge in [0.25, 0.3) is 0 Å². The molecule has 15 heavy (non-hydrogen) atoms. The van der Waals surface area contributed by atoms with Crippen LogP contribution in [0.25, 0.3) is 10.9 Å². The second-order valence-corrected chi connectivity index (χ2v) is 3.56. The smallest absolute Gasteiger partial charge is 0.139 e. The van der Waals surface area contributed by atoms with Crippen molar-refractivity contribution in [3.8, 4) is 6.07 Å². The molecule has 0 amide bonds. The van der Waals surface area contributed by atoms with Gasteiger partial charge in [0.2, 0.25) is 0 Å². The molecule has 0 fully saturated rings. The minimum absolute atomic E-state index is 0.173. The van der Waals surface area contributed by atoms with E-state index in [0.29, 0.717) is 10.7 Å². The van der Waals surface area contributed by atoms with Gasteiger partial charge in [-0.3, -0.25) is 0 Å². The summed E-state index contributed by atoms with van der Waals surface area (Å²) in [6, 6.07) is 9.14. The quantitative estimate of drug-likeness (QED) is 0.727. The molecule has 1 heterocycles. The Kier molecular flexibility index (Phi) is 2.44. The fourth-order valence-corrected chi connectivity index (χ4v) is 1.76. The van der Waals surface area contributed by atoms with Crippen LogP contribution in [0.1, 0.15) is 5.69 Å². The second-order valence-electron chi connectivity index (χ2n) is 3.12. The maximum atomic E-state index is 10.5. The molecule has 1 aromatic carbocycles. The highest BCUT2D eigenvalue weighted by molar-refractivity contribution is 6.31. The summed E-state index contributed by atoms with van der Waals surface area (Å²) in [5.41, 5.74) is 1.28. The van der Waals surface area contributed by atoms with Crippen LogP contribution >= 0.6 is 11.6 Å². The Morgan fingerprint density at radius 3 is 2.93 bits per heavy atom. The molecule has 0 atom stereocenters. The Hall–Kier alpha value is -1.79. The van der Waals surface area contributed by atoms with Crippen LogP contribution in [-0.4, -0.2) is 10.9 Å². The average molecular weight is 219 g/mol. The lowest BCUT2D eigenvalue weighted by Gasteiger charge is -2.01. The molecule has 0 aliphatic rings. The average Bonchev–Trinajstić information content (AvgIpc) is 2.57. The summed E-state index contributed by atoms with van der Waals surface area (Å²) < 4.78 is 1.65. The molecule has 3 nitrogen and oxygen atoms in total. The zero-order chi connectivity index (χ0) is 10.8. The van der Waals surface area contributed by atoms with E-state index in [2.05, 4.69) is 6.07 Å². The maximum Gasteiger partial charge on any atom is 0.139 e. The zero-order valence-corrected chi connectivity index (χ0v) is 8.53. The molecule has 0 N–H and O–H groups in total. The Balaban J connectivity index is 2.77. The van der Waals surface area contributed by atoms with Crippen LogP contribution in [0.15, 0.2) is 24.3 Å². The van der Waals surface area contributed by atoms with Gasteiger partial charge in [-0.05, 0) is 18.2 Å². The minimum atomic E-state index is 0.173. The van der Waals surface area contributed by atoms with Crippen LogP contribution in [-0.2, 0) is 11.3 Å².